The largest absolute Gasteiger partial charge is 0.494 e. The van der Waals surface area contributed by atoms with E-state index in [1.807, 2.05) is 75.0 Å². The third-order valence-corrected chi connectivity index (χ3v) is 7.57. The number of nitrogens with zero attached hydrogens (tertiary/aromatic N) is 6. The number of allylic oxidation sites excluding steroid dienone is 2. The molecular formula is C36H46FN7O3. The molecule has 4 rings (SSSR count). The predicted octanol–water partition coefficient (Wildman–Crippen LogP) is 5.79. The van der Waals surface area contributed by atoms with Crippen LogP contribution in [0.4, 0.5) is 15.8 Å². The minimum Gasteiger partial charge on any atom is -0.494 e. The quantitative estimate of drug-likeness (QED) is 0.178. The lowest BCUT2D eigenvalue weighted by atomic mass is 10.0. The maximum absolute atomic E-state index is 15.3. The average Bonchev–Trinajstić information content (AvgIpc) is 3.06. The highest BCUT2D eigenvalue weighted by molar-refractivity contribution is 6.12. The number of piperazine rings is 1. The summed E-state index contributed by atoms with van der Waals surface area (Å²) in [6, 6.07) is 8.82. The Labute approximate surface area is 277 Å². The number of benzene rings is 2. The maximum atomic E-state index is 15.3. The molecule has 0 spiro atoms. The predicted molar refractivity (Wildman–Crippen MR) is 189 cm³/mol. The van der Waals surface area contributed by atoms with E-state index in [9.17, 15) is 4.79 Å². The highest BCUT2D eigenvalue weighted by atomic mass is 19.1. The molecule has 10 nitrogen and oxygen atoms in total. The van der Waals surface area contributed by atoms with Gasteiger partial charge < -0.3 is 29.5 Å². The van der Waals surface area contributed by atoms with E-state index >= 15 is 4.39 Å². The van der Waals surface area contributed by atoms with Crippen LogP contribution in [0.1, 0.15) is 31.4 Å². The third-order valence-electron chi connectivity index (χ3n) is 7.57. The van der Waals surface area contributed by atoms with E-state index in [-0.39, 0.29) is 11.7 Å². The van der Waals surface area contributed by atoms with Gasteiger partial charge >= 0.3 is 0 Å². The fourth-order valence-electron chi connectivity index (χ4n) is 5.16. The number of aryl methyl sites for hydroxylation is 1. The van der Waals surface area contributed by atoms with Crippen molar-refractivity contribution in [2.24, 2.45) is 10.1 Å². The summed E-state index contributed by atoms with van der Waals surface area (Å²) in [5, 5.41) is 9.28. The van der Waals surface area contributed by atoms with Crippen LogP contribution in [0, 0.1) is 12.7 Å². The highest BCUT2D eigenvalue weighted by Crippen LogP contribution is 2.36. The molecule has 1 fully saturated rings. The van der Waals surface area contributed by atoms with Crippen LogP contribution in [-0.2, 0) is 4.79 Å². The van der Waals surface area contributed by atoms with E-state index < -0.39 is 5.82 Å². The number of carbonyl (C=O) groups is 1. The zero-order chi connectivity index (χ0) is 33.8. The number of nitrogens with one attached hydrogen (secondary N) is 1. The fourth-order valence-corrected chi connectivity index (χ4v) is 5.16. The van der Waals surface area contributed by atoms with Crippen molar-refractivity contribution in [2.45, 2.75) is 27.2 Å². The zero-order valence-electron chi connectivity index (χ0n) is 28.2. The monoisotopic (exact) mass is 643 g/mol. The van der Waals surface area contributed by atoms with Crippen molar-refractivity contribution in [3.05, 3.63) is 95.8 Å². The van der Waals surface area contributed by atoms with Gasteiger partial charge in [0.1, 0.15) is 11.6 Å². The molecule has 0 aromatic heterocycles. The lowest BCUT2D eigenvalue weighted by molar-refractivity contribution is -0.126. The molecule has 0 radical (unpaired) electrons. The van der Waals surface area contributed by atoms with E-state index in [4.69, 9.17) is 14.5 Å². The number of amides is 1. The zero-order valence-corrected chi connectivity index (χ0v) is 28.2. The Balaban J connectivity index is 1.55. The normalized spacial score (nSPS) is 15.8. The number of rotatable bonds is 12. The number of amidine groups is 1. The first-order valence-corrected chi connectivity index (χ1v) is 15.9. The minimum absolute atomic E-state index is 0.0216. The first-order valence-electron chi connectivity index (χ1n) is 15.9. The molecule has 250 valence electrons. The second-order valence-electron chi connectivity index (χ2n) is 11.3. The molecule has 1 saturated heterocycles. The van der Waals surface area contributed by atoms with Gasteiger partial charge in [0.05, 0.1) is 24.9 Å². The molecule has 1 amide bonds. The molecule has 0 aliphatic carbocycles. The van der Waals surface area contributed by atoms with Gasteiger partial charge in [0, 0.05) is 69.2 Å². The van der Waals surface area contributed by atoms with Crippen molar-refractivity contribution in [1.82, 2.24) is 14.8 Å². The number of hydrazone groups is 1. The Morgan fingerprint density at radius 3 is 2.55 bits per heavy atom. The lowest BCUT2D eigenvalue weighted by Gasteiger charge is -2.36. The van der Waals surface area contributed by atoms with Gasteiger partial charge in [0.15, 0.2) is 17.3 Å². The second kappa shape index (κ2) is 17.1. The van der Waals surface area contributed by atoms with Crippen LogP contribution in [0.5, 0.6) is 11.5 Å². The average molecular weight is 644 g/mol. The molecule has 0 unspecified atom stereocenters. The Bertz CT molecular complexity index is 1570. The van der Waals surface area contributed by atoms with Crippen molar-refractivity contribution in [3.8, 4) is 11.5 Å². The van der Waals surface area contributed by atoms with E-state index in [1.165, 1.54) is 6.07 Å². The van der Waals surface area contributed by atoms with Gasteiger partial charge in [-0.25, -0.2) is 9.38 Å². The number of ether oxygens (including phenoxy) is 2. The van der Waals surface area contributed by atoms with Crippen molar-refractivity contribution >= 4 is 29.3 Å². The van der Waals surface area contributed by atoms with E-state index in [0.29, 0.717) is 55.8 Å². The van der Waals surface area contributed by atoms with Crippen LogP contribution in [0.15, 0.2) is 89.0 Å². The number of halogens is 1. The fraction of sp³-hybridized carbons (Fsp3) is 0.361. The first-order chi connectivity index (χ1) is 22.7. The molecule has 0 atom stereocenters. The second-order valence-corrected chi connectivity index (χ2v) is 11.3. The maximum Gasteiger partial charge on any atom is 0.246 e. The highest BCUT2D eigenvalue weighted by Gasteiger charge is 2.25. The van der Waals surface area contributed by atoms with Gasteiger partial charge in [-0.2, -0.15) is 5.10 Å². The summed E-state index contributed by atoms with van der Waals surface area (Å²) in [6.07, 6.45) is 15.1. The van der Waals surface area contributed by atoms with Crippen LogP contribution in [0.3, 0.4) is 0 Å². The number of anilines is 2. The van der Waals surface area contributed by atoms with E-state index in [0.717, 1.165) is 29.8 Å². The summed E-state index contributed by atoms with van der Waals surface area (Å²) in [5.74, 6) is 1.35. The minimum atomic E-state index is -0.511. The number of carbonyl (C=O) groups excluding carboxylic acids is 1. The molecule has 47 heavy (non-hydrogen) atoms. The van der Waals surface area contributed by atoms with Crippen molar-refractivity contribution in [1.29, 1.82) is 0 Å². The standard InChI is InChI=1S/C36H46FN7O3/c1-7-9-18-38-36(40-28-13-15-32(30(37)26-28)47-29-16-20-44(21-17-29)39-8-2)34-27(3)12-14-31(35(34)46-6)42-22-24-43(25-23-42)33(45)11-10-19-41(4)5/h8-18,20,26H,7,19,21-25H2,1-6H3,(H,38,40)/b11-10+,18-9+,39-8-. The molecule has 0 saturated carbocycles. The van der Waals surface area contributed by atoms with Crippen molar-refractivity contribution < 1.29 is 18.7 Å². The Kier molecular flexibility index (Phi) is 12.7. The number of hydrogen-bond acceptors (Lipinski definition) is 8. The van der Waals surface area contributed by atoms with Crippen LogP contribution in [0.25, 0.3) is 0 Å². The Hall–Kier alpha value is -4.90. The molecule has 11 heteroatoms. The van der Waals surface area contributed by atoms with Crippen molar-refractivity contribution in [3.63, 3.8) is 0 Å². The van der Waals surface area contributed by atoms with Gasteiger partial charge in [-0.15, -0.1) is 0 Å². The van der Waals surface area contributed by atoms with Crippen LogP contribution in [-0.4, -0.2) is 93.2 Å². The van der Waals surface area contributed by atoms with Crippen LogP contribution < -0.4 is 19.7 Å². The van der Waals surface area contributed by atoms with E-state index in [2.05, 4.69) is 15.3 Å². The first kappa shape index (κ1) is 35.0. The van der Waals surface area contributed by atoms with E-state index in [1.54, 1.807) is 55.0 Å². The Morgan fingerprint density at radius 1 is 1.13 bits per heavy atom. The molecule has 2 aromatic rings. The number of hydrogen-bond donors (Lipinski definition) is 1. The molecule has 2 heterocycles. The molecule has 1 N–H and O–H groups in total. The molecule has 2 aliphatic rings. The summed E-state index contributed by atoms with van der Waals surface area (Å²) >= 11 is 0. The lowest BCUT2D eigenvalue weighted by Crippen LogP contribution is -2.48. The topological polar surface area (TPSA) is 85.2 Å². The summed E-state index contributed by atoms with van der Waals surface area (Å²) in [6.45, 7) is 9.64. The molecular weight excluding hydrogens is 597 g/mol. The van der Waals surface area contributed by atoms with Crippen molar-refractivity contribution in [2.75, 3.05) is 70.7 Å². The summed E-state index contributed by atoms with van der Waals surface area (Å²) in [7, 11) is 5.58. The SMILES string of the molecule is C/C=N\N1C=CC(Oc2ccc(NC(=N/C=C/CC)c3c(C)ccc(N4CCN(C(=O)/C=C/CN(C)C)CC4)c3OC)cc2F)=CC1. The number of likely N-dealkylation sites (N-methyl/N-ethyl adjacent to an activating group) is 1. The van der Waals surface area contributed by atoms with Gasteiger partial charge in [-0.05, 0) is 70.3 Å². The summed E-state index contributed by atoms with van der Waals surface area (Å²) in [4.78, 5) is 23.6. The molecule has 0 bridgehead atoms. The molecule has 2 aromatic carbocycles. The van der Waals surface area contributed by atoms with Gasteiger partial charge in [-0.1, -0.05) is 25.1 Å². The number of aliphatic imine (C=N–C) groups is 1. The third kappa shape index (κ3) is 9.55. The van der Waals surface area contributed by atoms with Crippen LogP contribution in [0.2, 0.25) is 0 Å². The number of methoxy groups -OCH3 is 1. The Morgan fingerprint density at radius 2 is 1.91 bits per heavy atom. The molecule has 2 aliphatic heterocycles. The van der Waals surface area contributed by atoms with Gasteiger partial charge in [-0.3, -0.25) is 9.80 Å². The van der Waals surface area contributed by atoms with Gasteiger partial charge in [0.2, 0.25) is 5.91 Å². The summed E-state index contributed by atoms with van der Waals surface area (Å²) < 4.78 is 27.2. The summed E-state index contributed by atoms with van der Waals surface area (Å²) in [5.41, 5.74) is 3.13. The van der Waals surface area contributed by atoms with Gasteiger partial charge in [0.25, 0.3) is 0 Å². The smallest absolute Gasteiger partial charge is 0.246 e. The van der Waals surface area contributed by atoms with Crippen LogP contribution >= 0.6 is 0 Å².